The van der Waals surface area contributed by atoms with Gasteiger partial charge in [-0.1, -0.05) is 26.7 Å². The van der Waals surface area contributed by atoms with E-state index in [9.17, 15) is 0 Å². The summed E-state index contributed by atoms with van der Waals surface area (Å²) >= 11 is 0. The maximum atomic E-state index is 5.47. The topological polar surface area (TPSA) is 47.3 Å². The van der Waals surface area contributed by atoms with Gasteiger partial charge in [0.25, 0.3) is 0 Å². The lowest BCUT2D eigenvalue weighted by atomic mass is 9.94. The monoisotopic (exact) mass is 188 g/mol. The highest BCUT2D eigenvalue weighted by Gasteiger charge is 2.12. The Morgan fingerprint density at radius 3 is 2.31 bits per heavy atom. The van der Waals surface area contributed by atoms with E-state index < -0.39 is 0 Å². The van der Waals surface area contributed by atoms with Crippen molar-refractivity contribution in [3.05, 3.63) is 0 Å². The van der Waals surface area contributed by atoms with Gasteiger partial charge in [0.05, 0.1) is 0 Å². The van der Waals surface area contributed by atoms with Gasteiger partial charge in [-0.05, 0) is 18.8 Å². The average molecular weight is 188 g/mol. The van der Waals surface area contributed by atoms with E-state index in [1.807, 2.05) is 0 Å². The summed E-state index contributed by atoms with van der Waals surface area (Å²) in [6, 6.07) is 0.407. The second-order valence-corrected chi connectivity index (χ2v) is 3.56. The molecule has 3 N–H and O–H groups in total. The zero-order valence-electron chi connectivity index (χ0n) is 9.18. The summed E-state index contributed by atoms with van der Waals surface area (Å²) in [5.74, 6) is 6.26. The van der Waals surface area contributed by atoms with Crippen LogP contribution in [0.2, 0.25) is 0 Å². The van der Waals surface area contributed by atoms with E-state index >= 15 is 0 Å². The molecule has 0 aliphatic rings. The number of hydrazine groups is 1. The molecule has 0 saturated heterocycles. The number of hydrogen-bond acceptors (Lipinski definition) is 3. The highest BCUT2D eigenvalue weighted by molar-refractivity contribution is 4.68. The lowest BCUT2D eigenvalue weighted by Crippen LogP contribution is -2.37. The van der Waals surface area contributed by atoms with Crippen LogP contribution in [0.15, 0.2) is 0 Å². The number of ether oxygens (including phenoxy) is 1. The van der Waals surface area contributed by atoms with E-state index in [2.05, 4.69) is 19.3 Å². The number of hydrogen-bond donors (Lipinski definition) is 2. The largest absolute Gasteiger partial charge is 0.385 e. The third kappa shape index (κ3) is 6.02. The van der Waals surface area contributed by atoms with E-state index in [4.69, 9.17) is 10.6 Å². The van der Waals surface area contributed by atoms with Crippen molar-refractivity contribution >= 4 is 0 Å². The van der Waals surface area contributed by atoms with Crippen molar-refractivity contribution in [2.45, 2.75) is 45.6 Å². The Bertz CT molecular complexity index is 105. The summed E-state index contributed by atoms with van der Waals surface area (Å²) in [7, 11) is 1.73. The van der Waals surface area contributed by atoms with Crippen molar-refractivity contribution < 1.29 is 4.74 Å². The Hall–Kier alpha value is -0.120. The van der Waals surface area contributed by atoms with Gasteiger partial charge in [0.1, 0.15) is 0 Å². The van der Waals surface area contributed by atoms with E-state index in [1.165, 1.54) is 12.8 Å². The van der Waals surface area contributed by atoms with Crippen LogP contribution in [0.5, 0.6) is 0 Å². The lowest BCUT2D eigenvalue weighted by molar-refractivity contribution is 0.176. The fraction of sp³-hybridized carbons (Fsp3) is 1.00. The quantitative estimate of drug-likeness (QED) is 0.450. The first-order valence-corrected chi connectivity index (χ1v) is 5.23. The van der Waals surface area contributed by atoms with Gasteiger partial charge in [-0.15, -0.1) is 0 Å². The molecule has 0 spiro atoms. The van der Waals surface area contributed by atoms with Crippen molar-refractivity contribution in [2.75, 3.05) is 13.7 Å². The predicted molar refractivity (Wildman–Crippen MR) is 56.3 cm³/mol. The van der Waals surface area contributed by atoms with Crippen molar-refractivity contribution in [1.29, 1.82) is 0 Å². The molecule has 13 heavy (non-hydrogen) atoms. The number of methoxy groups -OCH3 is 1. The summed E-state index contributed by atoms with van der Waals surface area (Å²) in [5.41, 5.74) is 2.86. The zero-order valence-corrected chi connectivity index (χ0v) is 9.18. The van der Waals surface area contributed by atoms with Gasteiger partial charge in [0.15, 0.2) is 0 Å². The molecule has 0 heterocycles. The standard InChI is InChI=1S/C10H24N2O/c1-4-9(5-2)8-10(12-11)6-7-13-3/h9-10,12H,4-8,11H2,1-3H3. The van der Waals surface area contributed by atoms with Crippen molar-refractivity contribution in [3.63, 3.8) is 0 Å². The lowest BCUT2D eigenvalue weighted by Gasteiger charge is -2.20. The van der Waals surface area contributed by atoms with Crippen LogP contribution < -0.4 is 11.3 Å². The first-order chi connectivity index (χ1) is 6.28. The summed E-state index contributed by atoms with van der Waals surface area (Å²) in [5, 5.41) is 0. The maximum Gasteiger partial charge on any atom is 0.0477 e. The molecule has 0 amide bonds. The summed E-state index contributed by atoms with van der Waals surface area (Å²) in [4.78, 5) is 0. The Balaban J connectivity index is 3.67. The minimum Gasteiger partial charge on any atom is -0.385 e. The highest BCUT2D eigenvalue weighted by atomic mass is 16.5. The van der Waals surface area contributed by atoms with Crippen LogP contribution in [0.1, 0.15) is 39.5 Å². The molecule has 0 saturated carbocycles. The first kappa shape index (κ1) is 12.9. The molecule has 1 unspecified atom stereocenters. The van der Waals surface area contributed by atoms with Crippen LogP contribution >= 0.6 is 0 Å². The normalized spacial score (nSPS) is 13.6. The second-order valence-electron chi connectivity index (χ2n) is 3.56. The summed E-state index contributed by atoms with van der Waals surface area (Å²) in [6.45, 7) is 5.26. The van der Waals surface area contributed by atoms with E-state index in [-0.39, 0.29) is 0 Å². The fourth-order valence-electron chi connectivity index (χ4n) is 1.55. The van der Waals surface area contributed by atoms with Gasteiger partial charge in [0.2, 0.25) is 0 Å². The zero-order chi connectivity index (χ0) is 10.1. The molecule has 0 aliphatic heterocycles. The number of nitrogens with one attached hydrogen (secondary N) is 1. The van der Waals surface area contributed by atoms with Gasteiger partial charge in [0, 0.05) is 19.8 Å². The highest BCUT2D eigenvalue weighted by Crippen LogP contribution is 2.16. The van der Waals surface area contributed by atoms with Crippen LogP contribution in [-0.2, 0) is 4.74 Å². The van der Waals surface area contributed by atoms with Crippen LogP contribution in [-0.4, -0.2) is 19.8 Å². The Labute approximate surface area is 82.0 Å². The summed E-state index contributed by atoms with van der Waals surface area (Å²) in [6.07, 6.45) is 4.64. The molecule has 0 radical (unpaired) electrons. The molecule has 80 valence electrons. The van der Waals surface area contributed by atoms with E-state index in [0.29, 0.717) is 6.04 Å². The molecule has 0 aliphatic carbocycles. The third-order valence-electron chi connectivity index (χ3n) is 2.68. The van der Waals surface area contributed by atoms with Crippen LogP contribution in [0.3, 0.4) is 0 Å². The van der Waals surface area contributed by atoms with Crippen molar-refractivity contribution in [1.82, 2.24) is 5.43 Å². The molecule has 1 atom stereocenters. The van der Waals surface area contributed by atoms with E-state index in [1.54, 1.807) is 7.11 Å². The fourth-order valence-corrected chi connectivity index (χ4v) is 1.55. The van der Waals surface area contributed by atoms with Crippen LogP contribution in [0.25, 0.3) is 0 Å². The Kier molecular flexibility index (Phi) is 8.40. The predicted octanol–water partition coefficient (Wildman–Crippen LogP) is 1.68. The van der Waals surface area contributed by atoms with Gasteiger partial charge < -0.3 is 4.74 Å². The molecular formula is C10H24N2O. The third-order valence-corrected chi connectivity index (χ3v) is 2.68. The summed E-state index contributed by atoms with van der Waals surface area (Å²) < 4.78 is 5.03. The minimum atomic E-state index is 0.407. The van der Waals surface area contributed by atoms with Gasteiger partial charge in [-0.2, -0.15) is 0 Å². The average Bonchev–Trinajstić information content (AvgIpc) is 2.19. The maximum absolute atomic E-state index is 5.47. The van der Waals surface area contributed by atoms with Crippen LogP contribution in [0, 0.1) is 5.92 Å². The number of nitrogens with two attached hydrogens (primary N) is 1. The molecule has 0 rings (SSSR count). The minimum absolute atomic E-state index is 0.407. The molecule has 0 aromatic heterocycles. The molecular weight excluding hydrogens is 164 g/mol. The van der Waals surface area contributed by atoms with Crippen LogP contribution in [0.4, 0.5) is 0 Å². The van der Waals surface area contributed by atoms with Crippen molar-refractivity contribution in [2.24, 2.45) is 11.8 Å². The molecule has 3 nitrogen and oxygen atoms in total. The Morgan fingerprint density at radius 1 is 1.31 bits per heavy atom. The van der Waals surface area contributed by atoms with Crippen molar-refractivity contribution in [3.8, 4) is 0 Å². The molecule has 3 heteroatoms. The molecule has 0 fully saturated rings. The van der Waals surface area contributed by atoms with Gasteiger partial charge in [-0.3, -0.25) is 11.3 Å². The second kappa shape index (κ2) is 8.48. The molecule has 0 aromatic rings. The van der Waals surface area contributed by atoms with E-state index in [0.717, 1.165) is 25.4 Å². The SMILES string of the molecule is CCC(CC)CC(CCOC)NN. The Morgan fingerprint density at radius 2 is 1.92 bits per heavy atom. The first-order valence-electron chi connectivity index (χ1n) is 5.23. The smallest absolute Gasteiger partial charge is 0.0477 e. The molecule has 0 aromatic carbocycles. The number of rotatable bonds is 8. The van der Waals surface area contributed by atoms with Gasteiger partial charge in [-0.25, -0.2) is 0 Å². The molecule has 0 bridgehead atoms. The van der Waals surface area contributed by atoms with Gasteiger partial charge >= 0.3 is 0 Å².